The smallest absolute Gasteiger partial charge is 0.311 e. The molecule has 0 N–H and O–H groups in total. The molecule has 18 heteroatoms. The van der Waals surface area contributed by atoms with E-state index in [0.29, 0.717) is 6.08 Å². The minimum absolute atomic E-state index is 0.167. The van der Waals surface area contributed by atoms with Crippen LogP contribution in [0, 0.1) is 0 Å². The van der Waals surface area contributed by atoms with Crippen molar-refractivity contribution in [2.24, 2.45) is 0 Å². The van der Waals surface area contributed by atoms with Crippen LogP contribution in [0.1, 0.15) is 12.5 Å². The van der Waals surface area contributed by atoms with Crippen LogP contribution in [0.15, 0.2) is 36.4 Å². The summed E-state index contributed by atoms with van der Waals surface area (Å²) in [4.78, 5) is 0. The Kier molecular flexibility index (Phi) is 8.67. The maximum atomic E-state index is 13.7. The first kappa shape index (κ1) is 32.8. The molecule has 0 amide bonds. The minimum Gasteiger partial charge on any atom is -0.311 e. The summed E-state index contributed by atoms with van der Waals surface area (Å²) in [7, 11) is 0. The lowest BCUT2D eigenvalue weighted by atomic mass is 9.88. The first-order chi connectivity index (χ1) is 16.3. The van der Waals surface area contributed by atoms with E-state index in [-0.39, 0.29) is 5.56 Å². The van der Waals surface area contributed by atoms with Crippen molar-refractivity contribution in [3.63, 3.8) is 0 Å². The third kappa shape index (κ3) is 4.96. The van der Waals surface area contributed by atoms with Gasteiger partial charge >= 0.3 is 47.6 Å². The Balaban J connectivity index is 3.40. The summed E-state index contributed by atoms with van der Waals surface area (Å²) in [5.41, 5.74) is 0.167. The van der Waals surface area contributed by atoms with E-state index in [9.17, 15) is 74.6 Å². The lowest BCUT2D eigenvalue weighted by molar-refractivity contribution is -0.473. The van der Waals surface area contributed by atoms with E-state index in [1.807, 2.05) is 0 Å². The van der Waals surface area contributed by atoms with E-state index in [4.69, 9.17) is 0 Å². The van der Waals surface area contributed by atoms with Crippen molar-refractivity contribution < 1.29 is 79.4 Å². The molecule has 214 valence electrons. The fourth-order valence-electron chi connectivity index (χ4n) is 2.42. The standard InChI is InChI=1S/C19H13F17O/c1-10(20)12(21,22)13(23,24)14(25,26)15(27,28)16(29,30)17(31,32)18(33,34)19(35,36)37-9-5-8-11-6-3-2-4-7-11/h2-8,10H,9H2,1H3. The van der Waals surface area contributed by atoms with Gasteiger partial charge in [-0.1, -0.05) is 42.5 Å². The van der Waals surface area contributed by atoms with Crippen LogP contribution in [0.4, 0.5) is 74.6 Å². The van der Waals surface area contributed by atoms with Crippen LogP contribution in [0.2, 0.25) is 0 Å². The van der Waals surface area contributed by atoms with Gasteiger partial charge in [0.15, 0.2) is 6.17 Å². The number of ether oxygens (including phenoxy) is 1. The summed E-state index contributed by atoms with van der Waals surface area (Å²) in [6.07, 6.45) is -10.1. The van der Waals surface area contributed by atoms with Crippen molar-refractivity contribution in [2.75, 3.05) is 6.61 Å². The molecular weight excluding hydrogens is 567 g/mol. The normalized spacial score (nSPS) is 16.4. The number of rotatable bonds is 12. The Bertz CT molecular complexity index is 937. The second kappa shape index (κ2) is 9.80. The molecule has 0 heterocycles. The van der Waals surface area contributed by atoms with E-state index in [0.717, 1.165) is 6.08 Å². The average Bonchev–Trinajstić information content (AvgIpc) is 2.76. The number of hydrogen-bond donors (Lipinski definition) is 0. The molecule has 0 saturated carbocycles. The van der Waals surface area contributed by atoms with Crippen LogP contribution in [0.3, 0.4) is 0 Å². The van der Waals surface area contributed by atoms with Gasteiger partial charge in [0, 0.05) is 0 Å². The van der Waals surface area contributed by atoms with Gasteiger partial charge in [-0.2, -0.15) is 70.2 Å². The molecule has 0 aromatic heterocycles. The maximum Gasteiger partial charge on any atom is 0.426 e. The average molecular weight is 580 g/mol. The summed E-state index contributed by atoms with van der Waals surface area (Å²) in [6, 6.07) is 6.76. The number of hydrogen-bond acceptors (Lipinski definition) is 1. The van der Waals surface area contributed by atoms with E-state index in [2.05, 4.69) is 4.74 Å². The molecule has 1 aromatic rings. The number of halogens is 17. The Morgan fingerprint density at radius 1 is 0.622 bits per heavy atom. The largest absolute Gasteiger partial charge is 0.426 e. The lowest BCUT2D eigenvalue weighted by Gasteiger charge is -2.43. The molecule has 0 aliphatic rings. The van der Waals surface area contributed by atoms with Gasteiger partial charge in [0.25, 0.3) is 0 Å². The van der Waals surface area contributed by atoms with Gasteiger partial charge in [0.2, 0.25) is 0 Å². The van der Waals surface area contributed by atoms with Gasteiger partial charge in [-0.15, -0.1) is 0 Å². The first-order valence-corrected chi connectivity index (χ1v) is 9.29. The van der Waals surface area contributed by atoms with Crippen LogP contribution in [0.25, 0.3) is 6.08 Å². The molecule has 1 nitrogen and oxygen atoms in total. The second-order valence-electron chi connectivity index (χ2n) is 7.33. The van der Waals surface area contributed by atoms with E-state index < -0.39 is 67.3 Å². The number of alkyl halides is 17. The van der Waals surface area contributed by atoms with E-state index in [1.165, 1.54) is 30.3 Å². The van der Waals surface area contributed by atoms with E-state index in [1.54, 1.807) is 0 Å². The molecule has 1 atom stereocenters. The fourth-order valence-corrected chi connectivity index (χ4v) is 2.42. The Labute approximate surface area is 195 Å². The van der Waals surface area contributed by atoms with Gasteiger partial charge in [-0.25, -0.2) is 4.39 Å². The van der Waals surface area contributed by atoms with Crippen molar-refractivity contribution in [1.29, 1.82) is 0 Å². The van der Waals surface area contributed by atoms with Gasteiger partial charge < -0.3 is 4.74 Å². The summed E-state index contributed by atoms with van der Waals surface area (Å²) in [5, 5.41) is 0. The highest BCUT2D eigenvalue weighted by molar-refractivity contribution is 5.48. The van der Waals surface area contributed by atoms with Crippen molar-refractivity contribution in [3.8, 4) is 0 Å². The Hall–Kier alpha value is -2.27. The lowest BCUT2D eigenvalue weighted by Crippen LogP contribution is -2.75. The fraction of sp³-hybridized carbons (Fsp3) is 0.579. The zero-order valence-electron chi connectivity index (χ0n) is 17.7. The van der Waals surface area contributed by atoms with Crippen LogP contribution >= 0.6 is 0 Å². The molecular formula is C19H13F17O. The molecule has 0 fully saturated rings. The molecule has 0 aliphatic heterocycles. The highest BCUT2D eigenvalue weighted by Crippen LogP contribution is 2.64. The SMILES string of the molecule is CC(F)C(F)(F)C(F)(F)C(F)(F)C(F)(F)C(F)(F)C(F)(F)C(F)(F)C(F)(F)OCC=Cc1ccccc1. The molecule has 37 heavy (non-hydrogen) atoms. The molecule has 0 spiro atoms. The highest BCUT2D eigenvalue weighted by Gasteiger charge is 2.95. The van der Waals surface area contributed by atoms with Gasteiger partial charge in [0.1, 0.15) is 0 Å². The number of benzene rings is 1. The summed E-state index contributed by atoms with van der Waals surface area (Å²) in [6.45, 7) is -2.45. The van der Waals surface area contributed by atoms with Gasteiger partial charge in [0.05, 0.1) is 6.61 Å². The zero-order valence-corrected chi connectivity index (χ0v) is 17.7. The van der Waals surface area contributed by atoms with Crippen molar-refractivity contribution in [2.45, 2.75) is 60.7 Å². The topological polar surface area (TPSA) is 9.23 Å². The Morgan fingerprint density at radius 2 is 1.00 bits per heavy atom. The summed E-state index contributed by atoms with van der Waals surface area (Å²) >= 11 is 0. The molecule has 1 aromatic carbocycles. The molecule has 0 aliphatic carbocycles. The Morgan fingerprint density at radius 3 is 1.41 bits per heavy atom. The van der Waals surface area contributed by atoms with Crippen LogP contribution in [-0.2, 0) is 4.74 Å². The minimum atomic E-state index is -8.60. The van der Waals surface area contributed by atoms with Crippen molar-refractivity contribution in [3.05, 3.63) is 42.0 Å². The predicted octanol–water partition coefficient (Wildman–Crippen LogP) is 8.11. The quantitative estimate of drug-likeness (QED) is 0.227. The third-order valence-electron chi connectivity index (χ3n) is 4.73. The molecule has 0 radical (unpaired) electrons. The molecule has 1 rings (SSSR count). The van der Waals surface area contributed by atoms with Gasteiger partial charge in [-0.3, -0.25) is 0 Å². The molecule has 1 unspecified atom stereocenters. The second-order valence-corrected chi connectivity index (χ2v) is 7.33. The first-order valence-electron chi connectivity index (χ1n) is 9.29. The summed E-state index contributed by atoms with van der Waals surface area (Å²) < 4.78 is 232. The molecule has 0 bridgehead atoms. The zero-order chi connectivity index (χ0) is 29.5. The summed E-state index contributed by atoms with van der Waals surface area (Å²) in [5.74, 6) is -56.7. The predicted molar refractivity (Wildman–Crippen MR) is 91.6 cm³/mol. The van der Waals surface area contributed by atoms with Crippen LogP contribution in [0.5, 0.6) is 0 Å². The van der Waals surface area contributed by atoms with Crippen molar-refractivity contribution >= 4 is 6.08 Å². The maximum absolute atomic E-state index is 13.7. The van der Waals surface area contributed by atoms with Crippen molar-refractivity contribution in [1.82, 2.24) is 0 Å². The highest BCUT2D eigenvalue weighted by atomic mass is 19.4. The van der Waals surface area contributed by atoms with Crippen LogP contribution in [-0.4, -0.2) is 60.3 Å². The van der Waals surface area contributed by atoms with E-state index >= 15 is 0 Å². The third-order valence-corrected chi connectivity index (χ3v) is 4.73. The van der Waals surface area contributed by atoms with Crippen LogP contribution < -0.4 is 0 Å². The molecule has 0 saturated heterocycles. The van der Waals surface area contributed by atoms with Gasteiger partial charge in [-0.05, 0) is 12.5 Å². The monoisotopic (exact) mass is 580 g/mol.